The number of carbonyl (C=O) groups is 8. The first-order valence-electron chi connectivity index (χ1n) is 36.1. The lowest BCUT2D eigenvalue weighted by molar-refractivity contribution is -0.391. The third-order valence-electron chi connectivity index (χ3n) is 18.7. The zero-order valence-corrected chi connectivity index (χ0v) is 59.7. The normalized spacial score (nSPS) is 24.5. The van der Waals surface area contributed by atoms with Gasteiger partial charge in [-0.15, -0.1) is 0 Å². The number of fused-ring (bicyclic) bond motifs is 1. The van der Waals surface area contributed by atoms with Gasteiger partial charge in [-0.2, -0.15) is 0 Å². The van der Waals surface area contributed by atoms with E-state index in [9.17, 15) is 24.0 Å². The summed E-state index contributed by atoms with van der Waals surface area (Å²) >= 11 is 0. The molecule has 0 radical (unpaired) electrons. The van der Waals surface area contributed by atoms with Crippen LogP contribution in [0.15, 0.2) is 303 Å². The summed E-state index contributed by atoms with van der Waals surface area (Å²) in [5, 5.41) is 0. The van der Waals surface area contributed by atoms with Crippen LogP contribution in [0.25, 0.3) is 0 Å². The molecule has 0 aromatic heterocycles. The Morgan fingerprint density at radius 3 is 0.911 bits per heavy atom. The maximum atomic E-state index is 15.4. The molecule has 570 valence electrons. The monoisotopic (exact) mass is 1510 g/mol. The van der Waals surface area contributed by atoms with Crippen molar-refractivity contribution < 1.29 is 114 Å². The summed E-state index contributed by atoms with van der Waals surface area (Å²) < 4.78 is 107. The summed E-state index contributed by atoms with van der Waals surface area (Å²) in [6, 6.07) is 80.3. The highest BCUT2D eigenvalue weighted by atomic mass is 16.8. The van der Waals surface area contributed by atoms with Crippen LogP contribution in [0, 0.1) is 0 Å². The molecule has 0 amide bonds. The van der Waals surface area contributed by atoms with E-state index >= 15 is 14.4 Å². The van der Waals surface area contributed by atoms with Gasteiger partial charge >= 0.3 is 47.8 Å². The van der Waals surface area contributed by atoms with Crippen molar-refractivity contribution in [3.05, 3.63) is 359 Å². The molecule has 4 aliphatic rings. The van der Waals surface area contributed by atoms with Gasteiger partial charge in [0.15, 0.2) is 61.8 Å². The highest BCUT2D eigenvalue weighted by Crippen LogP contribution is 2.42. The lowest BCUT2D eigenvalue weighted by atomic mass is 9.94. The Kier molecular flexibility index (Phi) is 25.2. The van der Waals surface area contributed by atoms with Gasteiger partial charge in [0.25, 0.3) is 0 Å². The molecule has 14 rings (SSSR count). The molecule has 0 saturated carbocycles. The zero-order valence-electron chi connectivity index (χ0n) is 59.7. The van der Waals surface area contributed by atoms with Gasteiger partial charge in [-0.25, -0.2) is 38.4 Å². The third kappa shape index (κ3) is 18.9. The Hall–Kier alpha value is -12.4. The van der Waals surface area contributed by atoms with E-state index in [0.29, 0.717) is 11.1 Å². The Balaban J connectivity index is 0.939. The summed E-state index contributed by atoms with van der Waals surface area (Å²) in [5.74, 6) is -7.80. The third-order valence-corrected chi connectivity index (χ3v) is 18.7. The topological polar surface area (TPSA) is 284 Å². The zero-order chi connectivity index (χ0) is 77.1. The second-order valence-corrected chi connectivity index (χ2v) is 26.1. The predicted octanol–water partition coefficient (Wildman–Crippen LogP) is 12.3. The van der Waals surface area contributed by atoms with Crippen molar-refractivity contribution in [2.75, 3.05) is 19.8 Å². The number of ether oxygens (including phenoxy) is 16. The molecule has 10 aromatic carbocycles. The summed E-state index contributed by atoms with van der Waals surface area (Å²) in [5.41, 5.74) is 1.36. The standard InChI is InChI=1S/C88H74O24/c89-77(56-33-13-2-14-34-56)97-52-65-69(71(104-79(91)58-37-17-4-18-38-58)74(107-82(94)61-43-23-7-24-44-61)86(101-65)99-51-55-31-11-1-12-32-55)111-87-76(109-84(96)63-47-27-9-28-48-63)73(106-81(93)60-41-21-6-22-42-60)70(66(102-87)53-98-78(90)57-35-15-3-16-36-57)112-88-75(108-83(95)62-45-25-8-26-46-62)72(105-80(92)59-39-19-5-20-40-59)68-67(103-88)54-100-85(110-68)64-49-29-10-30-50-64/h1-50,65-76,85-88H,51-54H2/t65-,66-,67-,68-,69-,70-,71+,72+,73+,74+,75-,76+,85-,86-,87+,88+/m1/s1. The van der Waals surface area contributed by atoms with Crippen LogP contribution in [0.4, 0.5) is 0 Å². The van der Waals surface area contributed by atoms with E-state index in [1.165, 1.54) is 97.1 Å². The quantitative estimate of drug-likeness (QED) is 0.0359. The fourth-order valence-electron chi connectivity index (χ4n) is 13.1. The largest absolute Gasteiger partial charge is 0.459 e. The van der Waals surface area contributed by atoms with E-state index in [0.717, 1.165) is 0 Å². The minimum Gasteiger partial charge on any atom is -0.459 e. The number of hydrogen-bond acceptors (Lipinski definition) is 24. The minimum atomic E-state index is -2.22. The number of benzene rings is 10. The molecule has 0 N–H and O–H groups in total. The number of rotatable bonds is 26. The van der Waals surface area contributed by atoms with Crippen LogP contribution in [0.2, 0.25) is 0 Å². The van der Waals surface area contributed by atoms with Crippen molar-refractivity contribution in [1.29, 1.82) is 0 Å². The van der Waals surface area contributed by atoms with Crippen molar-refractivity contribution in [2.24, 2.45) is 0 Å². The molecule has 24 nitrogen and oxygen atoms in total. The predicted molar refractivity (Wildman–Crippen MR) is 394 cm³/mol. The SMILES string of the molecule is O=C(OC[C@H]1O[C@@H](OCc2ccccc2)[C@@H](OC(=O)c2ccccc2)[C@@H](OC(=O)c2ccccc2)[C@@H]1O[C@@H]1O[C@H](COC(=O)c2ccccc2)[C@@H](O[C@@H]2O[C@@H]3CO[C@@H](c4ccccc4)O[C@H]3[C@H](OC(=O)c3ccccc3)[C@H]2OC(=O)c2ccccc2)[C@H](OC(=O)c2ccccc2)[C@@H]1OC(=O)c1ccccc1)c1ccccc1. The van der Waals surface area contributed by atoms with Gasteiger partial charge in [0.1, 0.15) is 49.8 Å². The van der Waals surface area contributed by atoms with Crippen LogP contribution in [0.5, 0.6) is 0 Å². The molecule has 0 spiro atoms. The molecular weight excluding hydrogens is 1440 g/mol. The Morgan fingerprint density at radius 1 is 0.277 bits per heavy atom. The first kappa shape index (κ1) is 76.4. The van der Waals surface area contributed by atoms with Gasteiger partial charge in [-0.3, -0.25) is 0 Å². The first-order valence-corrected chi connectivity index (χ1v) is 36.1. The Morgan fingerprint density at radius 2 is 0.554 bits per heavy atom. The molecule has 0 unspecified atom stereocenters. The van der Waals surface area contributed by atoms with Gasteiger partial charge in [-0.1, -0.05) is 206 Å². The molecule has 10 aromatic rings. The second kappa shape index (κ2) is 36.9. The summed E-state index contributed by atoms with van der Waals surface area (Å²) in [6.07, 6.45) is -28.8. The van der Waals surface area contributed by atoms with Gasteiger partial charge in [0.2, 0.25) is 0 Å². The molecular formula is C88H74O24. The average Bonchev–Trinajstić information content (AvgIpc) is 0.752. The molecule has 24 heteroatoms. The molecule has 0 bridgehead atoms. The van der Waals surface area contributed by atoms with Crippen molar-refractivity contribution in [1.82, 2.24) is 0 Å². The fourth-order valence-corrected chi connectivity index (χ4v) is 13.1. The maximum absolute atomic E-state index is 15.4. The van der Waals surface area contributed by atoms with Crippen LogP contribution in [-0.4, -0.2) is 160 Å². The van der Waals surface area contributed by atoms with Crippen LogP contribution in [0.1, 0.15) is 100 Å². The van der Waals surface area contributed by atoms with E-state index in [-0.39, 0.29) is 57.7 Å². The van der Waals surface area contributed by atoms with Gasteiger partial charge in [0, 0.05) is 5.56 Å². The van der Waals surface area contributed by atoms with Crippen LogP contribution < -0.4 is 0 Å². The fraction of sp³-hybridized carbons (Fsp3) is 0.227. The molecule has 0 aliphatic carbocycles. The highest BCUT2D eigenvalue weighted by molar-refractivity contribution is 5.93. The van der Waals surface area contributed by atoms with Crippen molar-refractivity contribution in [3.63, 3.8) is 0 Å². The van der Waals surface area contributed by atoms with Crippen molar-refractivity contribution >= 4 is 47.8 Å². The van der Waals surface area contributed by atoms with Gasteiger partial charge in [0.05, 0.1) is 57.7 Å². The molecule has 4 fully saturated rings. The number of esters is 8. The van der Waals surface area contributed by atoms with Gasteiger partial charge in [-0.05, 0) is 103 Å². The van der Waals surface area contributed by atoms with E-state index in [1.54, 1.807) is 206 Å². The van der Waals surface area contributed by atoms with E-state index in [4.69, 9.17) is 75.8 Å². The number of hydrogen-bond donors (Lipinski definition) is 0. The van der Waals surface area contributed by atoms with Crippen LogP contribution >= 0.6 is 0 Å². The Labute approximate surface area is 642 Å². The first-order chi connectivity index (χ1) is 54.8. The molecule has 4 aliphatic heterocycles. The van der Waals surface area contributed by atoms with Crippen molar-refractivity contribution in [3.8, 4) is 0 Å². The molecule has 16 atom stereocenters. The van der Waals surface area contributed by atoms with E-state index in [1.807, 2.05) is 0 Å². The van der Waals surface area contributed by atoms with Crippen LogP contribution in [0.3, 0.4) is 0 Å². The second-order valence-electron chi connectivity index (χ2n) is 26.1. The smallest absolute Gasteiger partial charge is 0.338 e. The summed E-state index contributed by atoms with van der Waals surface area (Å²) in [7, 11) is 0. The summed E-state index contributed by atoms with van der Waals surface area (Å²) in [6.45, 7) is -2.14. The lowest BCUT2D eigenvalue weighted by Crippen LogP contribution is -2.69. The lowest BCUT2D eigenvalue weighted by Gasteiger charge is -2.51. The van der Waals surface area contributed by atoms with E-state index < -0.39 is 159 Å². The average molecular weight is 1520 g/mol. The van der Waals surface area contributed by atoms with E-state index in [2.05, 4.69) is 0 Å². The highest BCUT2D eigenvalue weighted by Gasteiger charge is 2.61. The molecule has 4 heterocycles. The maximum Gasteiger partial charge on any atom is 0.338 e. The minimum absolute atomic E-state index is 0.00474. The summed E-state index contributed by atoms with van der Waals surface area (Å²) in [4.78, 5) is 119. The molecule has 112 heavy (non-hydrogen) atoms. The van der Waals surface area contributed by atoms with Crippen LogP contribution in [-0.2, 0) is 82.4 Å². The van der Waals surface area contributed by atoms with Crippen molar-refractivity contribution in [2.45, 2.75) is 105 Å². The molecule has 4 saturated heterocycles. The number of carbonyl (C=O) groups excluding carboxylic acids is 8. The Bertz CT molecular complexity index is 4770. The van der Waals surface area contributed by atoms with Gasteiger partial charge < -0.3 is 75.8 Å².